The fourth-order valence-corrected chi connectivity index (χ4v) is 12.8. The molecule has 0 saturated heterocycles. The van der Waals surface area contributed by atoms with Gasteiger partial charge in [0.1, 0.15) is 19.3 Å². The number of allylic oxidation sites excluding steroid dienone is 16. The lowest BCUT2D eigenvalue weighted by molar-refractivity contribution is -0.161. The minimum Gasteiger partial charge on any atom is -0.462 e. The summed E-state index contributed by atoms with van der Waals surface area (Å²) in [6, 6.07) is 0. The minimum atomic E-state index is -4.98. The Labute approximate surface area is 633 Å². The number of unbranched alkanes of at least 4 members (excludes halogenated alkanes) is 36. The molecule has 0 fully saturated rings. The third-order valence-corrected chi connectivity index (χ3v) is 19.4. The third-order valence-electron chi connectivity index (χ3n) is 17.5. The lowest BCUT2D eigenvalue weighted by Gasteiger charge is -2.21. The topological polar surface area (TPSA) is 237 Å². The number of rotatable bonds is 78. The van der Waals surface area contributed by atoms with Gasteiger partial charge in [-0.25, -0.2) is 9.13 Å². The largest absolute Gasteiger partial charge is 0.472 e. The molecule has 0 aliphatic heterocycles. The number of phosphoric acid groups is 2. The van der Waals surface area contributed by atoms with Crippen LogP contribution in [0.4, 0.5) is 0 Å². The van der Waals surface area contributed by atoms with Gasteiger partial charge in [-0.05, 0) is 141 Å². The molecule has 0 bridgehead atoms. The zero-order valence-corrected chi connectivity index (χ0v) is 67.7. The lowest BCUT2D eigenvalue weighted by Crippen LogP contribution is -2.30. The fraction of sp³-hybridized carbons (Fsp3) is 0.765. The molecule has 0 spiro atoms. The Morgan fingerprint density at radius 2 is 0.500 bits per heavy atom. The second-order valence-electron chi connectivity index (χ2n) is 27.6. The molecule has 0 radical (unpaired) electrons. The van der Waals surface area contributed by atoms with Gasteiger partial charge in [0, 0.05) is 25.7 Å². The molecule has 0 aliphatic carbocycles. The molecular weight excluding hydrogens is 1350 g/mol. The van der Waals surface area contributed by atoms with Gasteiger partial charge >= 0.3 is 39.5 Å². The van der Waals surface area contributed by atoms with Crippen LogP contribution in [0.25, 0.3) is 0 Å². The summed E-state index contributed by atoms with van der Waals surface area (Å²) in [7, 11) is -9.96. The van der Waals surface area contributed by atoms with Crippen LogP contribution in [0.5, 0.6) is 0 Å². The average molecular weight is 1510 g/mol. The molecule has 5 unspecified atom stereocenters. The molecule has 0 heterocycles. The van der Waals surface area contributed by atoms with Crippen LogP contribution in [0.1, 0.15) is 362 Å². The maximum absolute atomic E-state index is 13.1. The standard InChI is InChI=1S/C85H150O17P2/c1-5-9-13-17-21-25-29-33-37-39-43-46-50-54-58-62-66-70-83(88)96-76-81(102-85(90)72-68-64-60-56-52-48-44-40-38-34-30-26-22-18-14-10-6-2)78-100-104(93,94)98-74-79(86)73-97-103(91,92)99-77-80(101-84(89)71-67-63-59-55-51-47-42-36-32-28-24-20-16-12-8-4)75-95-82(87)69-65-61-57-53-49-45-41-35-31-27-23-19-15-11-7-3/h9-10,13-14,21-22,25-26,33-38,41-42,79-81,86H,5-8,11-12,15-20,23-24,27-32,39-40,43-78H2,1-4H3,(H,91,92)(H,93,94)/b13-9-,14-10-,25-21-,26-22-,37-33-,38-34-,41-35-,42-36-. The summed E-state index contributed by atoms with van der Waals surface area (Å²) in [4.78, 5) is 73.1. The maximum Gasteiger partial charge on any atom is 0.472 e. The molecule has 5 atom stereocenters. The number of ether oxygens (including phenoxy) is 4. The number of hydrogen-bond acceptors (Lipinski definition) is 15. The summed E-state index contributed by atoms with van der Waals surface area (Å²) < 4.78 is 68.7. The SMILES string of the molecule is CC/C=C\C/C=C\C/C=C\CCCCCCCCCC(=O)OCC(COP(=O)(O)OCC(O)COP(=O)(O)OCC(COC(=O)CCCCCCC/C=C\CCCCCCCC)OC(=O)CCCCCCC/C=C\CCCCCCCC)OC(=O)CCCCCCCCC/C=C\C/C=C\C/C=C\CC. The van der Waals surface area contributed by atoms with Crippen LogP contribution in [0.15, 0.2) is 97.2 Å². The number of aliphatic hydroxyl groups excluding tert-OH is 1. The van der Waals surface area contributed by atoms with Crippen LogP contribution < -0.4 is 0 Å². The van der Waals surface area contributed by atoms with Crippen LogP contribution >= 0.6 is 15.6 Å². The van der Waals surface area contributed by atoms with Crippen molar-refractivity contribution in [1.82, 2.24) is 0 Å². The Kier molecular flexibility index (Phi) is 74.2. The first-order chi connectivity index (χ1) is 50.7. The Bertz CT molecular complexity index is 2350. The average Bonchev–Trinajstić information content (AvgIpc) is 0.926. The van der Waals surface area contributed by atoms with Gasteiger partial charge in [0.05, 0.1) is 26.4 Å². The molecule has 0 aromatic rings. The first kappa shape index (κ1) is 100.0. The van der Waals surface area contributed by atoms with Crippen molar-refractivity contribution >= 4 is 39.5 Å². The third kappa shape index (κ3) is 76.2. The van der Waals surface area contributed by atoms with Crippen LogP contribution in [0.2, 0.25) is 0 Å². The molecule has 17 nitrogen and oxygen atoms in total. The van der Waals surface area contributed by atoms with Crippen molar-refractivity contribution in [3.63, 3.8) is 0 Å². The van der Waals surface area contributed by atoms with E-state index in [1.165, 1.54) is 77.0 Å². The van der Waals surface area contributed by atoms with E-state index in [9.17, 15) is 43.2 Å². The first-order valence-electron chi connectivity index (χ1n) is 41.5. The highest BCUT2D eigenvalue weighted by atomic mass is 31.2. The van der Waals surface area contributed by atoms with E-state index >= 15 is 0 Å². The molecule has 602 valence electrons. The summed E-state index contributed by atoms with van der Waals surface area (Å²) in [6.45, 7) is 4.67. The number of hydrogen-bond donors (Lipinski definition) is 3. The van der Waals surface area contributed by atoms with E-state index in [0.29, 0.717) is 25.7 Å². The quantitative estimate of drug-likeness (QED) is 0.0169. The van der Waals surface area contributed by atoms with Crippen LogP contribution in [-0.2, 0) is 65.4 Å². The van der Waals surface area contributed by atoms with Crippen LogP contribution in [0.3, 0.4) is 0 Å². The Balaban J connectivity index is 5.37. The minimum absolute atomic E-state index is 0.0812. The predicted molar refractivity (Wildman–Crippen MR) is 427 cm³/mol. The van der Waals surface area contributed by atoms with E-state index in [1.807, 2.05) is 0 Å². The molecule has 3 N–H and O–H groups in total. The number of esters is 4. The van der Waals surface area contributed by atoms with Gasteiger partial charge in [0.25, 0.3) is 0 Å². The van der Waals surface area contributed by atoms with E-state index < -0.39 is 97.5 Å². The molecule has 0 rings (SSSR count). The summed E-state index contributed by atoms with van der Waals surface area (Å²) in [5.41, 5.74) is 0. The molecule has 104 heavy (non-hydrogen) atoms. The van der Waals surface area contributed by atoms with Crippen molar-refractivity contribution in [3.8, 4) is 0 Å². The molecule has 0 aromatic carbocycles. The zero-order chi connectivity index (χ0) is 76.0. The van der Waals surface area contributed by atoms with E-state index in [0.717, 1.165) is 205 Å². The first-order valence-corrected chi connectivity index (χ1v) is 44.5. The van der Waals surface area contributed by atoms with Gasteiger partial charge in [-0.3, -0.25) is 37.3 Å². The highest BCUT2D eigenvalue weighted by Crippen LogP contribution is 2.45. The summed E-state index contributed by atoms with van der Waals surface area (Å²) >= 11 is 0. The van der Waals surface area contributed by atoms with Crippen LogP contribution in [0, 0.1) is 0 Å². The van der Waals surface area contributed by atoms with Gasteiger partial charge in [0.2, 0.25) is 0 Å². The molecule has 0 aliphatic rings. The molecular formula is C85H150O17P2. The van der Waals surface area contributed by atoms with Gasteiger partial charge in [-0.1, -0.05) is 292 Å². The number of aliphatic hydroxyl groups is 1. The van der Waals surface area contributed by atoms with E-state index in [4.69, 9.17) is 37.0 Å². The molecule has 0 aromatic heterocycles. The Morgan fingerprint density at radius 1 is 0.279 bits per heavy atom. The van der Waals surface area contributed by atoms with Gasteiger partial charge in [0.15, 0.2) is 12.2 Å². The van der Waals surface area contributed by atoms with E-state index in [-0.39, 0.29) is 25.7 Å². The normalized spacial score (nSPS) is 14.3. The Hall–Kier alpha value is -4.02. The second kappa shape index (κ2) is 77.1. The summed E-state index contributed by atoms with van der Waals surface area (Å²) in [6.07, 6.45) is 82.2. The highest BCUT2D eigenvalue weighted by Gasteiger charge is 2.30. The lowest BCUT2D eigenvalue weighted by atomic mass is 10.1. The van der Waals surface area contributed by atoms with Crippen molar-refractivity contribution in [2.75, 3.05) is 39.6 Å². The highest BCUT2D eigenvalue weighted by molar-refractivity contribution is 7.47. The fourth-order valence-electron chi connectivity index (χ4n) is 11.2. The van der Waals surface area contributed by atoms with Crippen molar-refractivity contribution in [2.24, 2.45) is 0 Å². The second-order valence-corrected chi connectivity index (χ2v) is 30.6. The molecule has 0 amide bonds. The maximum atomic E-state index is 13.1. The number of phosphoric ester groups is 2. The van der Waals surface area contributed by atoms with Crippen molar-refractivity contribution in [1.29, 1.82) is 0 Å². The van der Waals surface area contributed by atoms with Crippen molar-refractivity contribution < 1.29 is 80.2 Å². The summed E-state index contributed by atoms with van der Waals surface area (Å²) in [5, 5.41) is 10.7. The Morgan fingerprint density at radius 3 is 0.779 bits per heavy atom. The smallest absolute Gasteiger partial charge is 0.462 e. The summed E-state index contributed by atoms with van der Waals surface area (Å²) in [5.74, 6) is -2.19. The predicted octanol–water partition coefficient (Wildman–Crippen LogP) is 24.3. The number of carbonyl (C=O) groups is 4. The van der Waals surface area contributed by atoms with E-state index in [1.54, 1.807) is 0 Å². The van der Waals surface area contributed by atoms with Gasteiger partial charge in [-0.2, -0.15) is 0 Å². The molecule has 19 heteroatoms. The number of carbonyl (C=O) groups excluding carboxylic acids is 4. The van der Waals surface area contributed by atoms with Crippen molar-refractivity contribution in [2.45, 2.75) is 380 Å². The van der Waals surface area contributed by atoms with Gasteiger partial charge in [-0.15, -0.1) is 0 Å². The van der Waals surface area contributed by atoms with Crippen molar-refractivity contribution in [3.05, 3.63) is 97.2 Å². The van der Waals surface area contributed by atoms with Gasteiger partial charge < -0.3 is 33.8 Å². The molecule has 0 saturated carbocycles. The zero-order valence-electron chi connectivity index (χ0n) is 65.9. The van der Waals surface area contributed by atoms with Crippen LogP contribution in [-0.4, -0.2) is 96.7 Å². The monoisotopic (exact) mass is 1510 g/mol. The van der Waals surface area contributed by atoms with E-state index in [2.05, 4.69) is 125 Å².